The molecule has 0 bridgehead atoms. The molecule has 0 radical (unpaired) electrons. The van der Waals surface area contributed by atoms with Crippen molar-refractivity contribution in [2.45, 2.75) is 25.8 Å². The maximum Gasteiger partial charge on any atom is 0.290 e. The number of hydrogen-bond donors (Lipinski definition) is 3. The summed E-state index contributed by atoms with van der Waals surface area (Å²) in [4.78, 5) is 23.7. The fraction of sp³-hybridized carbons (Fsp3) is 0.444. The summed E-state index contributed by atoms with van der Waals surface area (Å²) < 4.78 is 10.6. The molecule has 10 heteroatoms. The Hall–Kier alpha value is -3.14. The van der Waals surface area contributed by atoms with Crippen LogP contribution in [0, 0.1) is 0 Å². The number of rotatable bonds is 6. The number of methoxy groups -OCH3 is 2. The molecule has 0 atom stereocenters. The number of likely N-dealkylation sites (tertiary alicyclic amines) is 1. The molecule has 10 nitrogen and oxygen atoms in total. The number of carboxylic acid groups (broad SMARTS) is 2. The number of nitrogens with zero attached hydrogens (tertiary/aromatic N) is 3. The molecule has 0 saturated carbocycles. The monoisotopic (exact) mass is 394 g/mol. The zero-order valence-corrected chi connectivity index (χ0v) is 16.0. The number of hydrogen-bond acceptors (Lipinski definition) is 7. The lowest BCUT2D eigenvalue weighted by Crippen LogP contribution is -2.19. The van der Waals surface area contributed by atoms with Gasteiger partial charge in [0.25, 0.3) is 12.9 Å². The molecule has 1 aromatic carbocycles. The van der Waals surface area contributed by atoms with Crippen molar-refractivity contribution < 1.29 is 29.3 Å². The van der Waals surface area contributed by atoms with Crippen molar-refractivity contribution >= 4 is 12.9 Å². The second-order valence-corrected chi connectivity index (χ2v) is 5.76. The van der Waals surface area contributed by atoms with E-state index in [1.165, 1.54) is 12.8 Å². The van der Waals surface area contributed by atoms with Gasteiger partial charge in [-0.25, -0.2) is 4.98 Å². The molecule has 1 aliphatic rings. The van der Waals surface area contributed by atoms with E-state index in [9.17, 15) is 0 Å². The highest BCUT2D eigenvalue weighted by Crippen LogP contribution is 2.28. The van der Waals surface area contributed by atoms with Gasteiger partial charge in [0.15, 0.2) is 17.3 Å². The van der Waals surface area contributed by atoms with Gasteiger partial charge in [0.1, 0.15) is 5.82 Å². The molecule has 3 rings (SSSR count). The van der Waals surface area contributed by atoms with Crippen molar-refractivity contribution in [2.75, 3.05) is 27.3 Å². The number of aromatic amines is 1. The molecule has 28 heavy (non-hydrogen) atoms. The molecule has 1 aliphatic heterocycles. The van der Waals surface area contributed by atoms with Crippen LogP contribution in [0.3, 0.4) is 0 Å². The molecular weight excluding hydrogens is 368 g/mol. The SMILES string of the molecule is COc1ccc(Cc2nc(CN3CCCC3)n[nH]2)cc1OC.O=CO.O=CO. The average Bonchev–Trinajstić information content (AvgIpc) is 3.35. The van der Waals surface area contributed by atoms with Crippen LogP contribution in [-0.2, 0) is 22.6 Å². The minimum atomic E-state index is -0.250. The molecule has 1 aromatic heterocycles. The van der Waals surface area contributed by atoms with E-state index in [0.29, 0.717) is 6.42 Å². The van der Waals surface area contributed by atoms with Crippen molar-refractivity contribution in [2.24, 2.45) is 0 Å². The number of H-pyrrole nitrogens is 1. The van der Waals surface area contributed by atoms with Crippen LogP contribution in [-0.4, -0.2) is 70.5 Å². The van der Waals surface area contributed by atoms with E-state index in [2.05, 4.69) is 20.1 Å². The number of nitrogens with one attached hydrogen (secondary N) is 1. The zero-order valence-electron chi connectivity index (χ0n) is 16.0. The molecule has 2 aromatic rings. The Morgan fingerprint density at radius 1 is 1.11 bits per heavy atom. The first kappa shape index (κ1) is 22.9. The molecule has 0 unspecified atom stereocenters. The lowest BCUT2D eigenvalue weighted by Gasteiger charge is -2.10. The van der Waals surface area contributed by atoms with E-state index in [-0.39, 0.29) is 12.9 Å². The van der Waals surface area contributed by atoms with Gasteiger partial charge in [-0.15, -0.1) is 0 Å². The minimum Gasteiger partial charge on any atom is -0.493 e. The lowest BCUT2D eigenvalue weighted by atomic mass is 10.1. The summed E-state index contributed by atoms with van der Waals surface area (Å²) in [5, 5.41) is 21.1. The van der Waals surface area contributed by atoms with E-state index < -0.39 is 0 Å². The third-order valence-electron chi connectivity index (χ3n) is 3.96. The Morgan fingerprint density at radius 3 is 2.29 bits per heavy atom. The van der Waals surface area contributed by atoms with Gasteiger partial charge in [0.2, 0.25) is 0 Å². The highest BCUT2D eigenvalue weighted by molar-refractivity contribution is 5.43. The van der Waals surface area contributed by atoms with E-state index in [0.717, 1.165) is 48.3 Å². The van der Waals surface area contributed by atoms with Crippen LogP contribution >= 0.6 is 0 Å². The second-order valence-electron chi connectivity index (χ2n) is 5.76. The van der Waals surface area contributed by atoms with Crippen LogP contribution < -0.4 is 9.47 Å². The van der Waals surface area contributed by atoms with Gasteiger partial charge in [-0.1, -0.05) is 6.07 Å². The summed E-state index contributed by atoms with van der Waals surface area (Å²) in [5.74, 6) is 3.22. The third-order valence-corrected chi connectivity index (χ3v) is 3.96. The van der Waals surface area contributed by atoms with Crippen molar-refractivity contribution in [3.8, 4) is 11.5 Å². The maximum absolute atomic E-state index is 8.36. The predicted octanol–water partition coefficient (Wildman–Crippen LogP) is 1.41. The van der Waals surface area contributed by atoms with Crippen molar-refractivity contribution in [3.05, 3.63) is 35.4 Å². The topological polar surface area (TPSA) is 138 Å². The van der Waals surface area contributed by atoms with Gasteiger partial charge in [-0.3, -0.25) is 19.6 Å². The Labute approximate surface area is 163 Å². The minimum absolute atomic E-state index is 0.250. The predicted molar refractivity (Wildman–Crippen MR) is 101 cm³/mol. The Morgan fingerprint density at radius 2 is 1.71 bits per heavy atom. The highest BCUT2D eigenvalue weighted by Gasteiger charge is 2.14. The second kappa shape index (κ2) is 13.1. The largest absolute Gasteiger partial charge is 0.493 e. The smallest absolute Gasteiger partial charge is 0.290 e. The first-order valence-corrected chi connectivity index (χ1v) is 8.60. The molecule has 2 heterocycles. The van der Waals surface area contributed by atoms with Crippen LogP contribution in [0.4, 0.5) is 0 Å². The van der Waals surface area contributed by atoms with Gasteiger partial charge in [-0.05, 0) is 43.6 Å². The van der Waals surface area contributed by atoms with Crippen molar-refractivity contribution in [3.63, 3.8) is 0 Å². The van der Waals surface area contributed by atoms with Crippen LogP contribution in [0.5, 0.6) is 11.5 Å². The van der Waals surface area contributed by atoms with Gasteiger partial charge >= 0.3 is 0 Å². The molecule has 1 saturated heterocycles. The number of aromatic nitrogens is 3. The number of carbonyl (C=O) groups is 2. The van der Waals surface area contributed by atoms with Crippen LogP contribution in [0.25, 0.3) is 0 Å². The first-order chi connectivity index (χ1) is 13.6. The quantitative estimate of drug-likeness (QED) is 0.621. The van der Waals surface area contributed by atoms with E-state index in [1.54, 1.807) is 14.2 Å². The van der Waals surface area contributed by atoms with Gasteiger partial charge in [0, 0.05) is 6.42 Å². The highest BCUT2D eigenvalue weighted by atomic mass is 16.5. The first-order valence-electron chi connectivity index (χ1n) is 8.60. The summed E-state index contributed by atoms with van der Waals surface area (Å²) in [6.45, 7) is 2.64. The lowest BCUT2D eigenvalue weighted by molar-refractivity contribution is -0.123. The van der Waals surface area contributed by atoms with Crippen molar-refractivity contribution in [1.82, 2.24) is 20.1 Å². The number of benzene rings is 1. The van der Waals surface area contributed by atoms with Crippen LogP contribution in [0.2, 0.25) is 0 Å². The summed E-state index contributed by atoms with van der Waals surface area (Å²) in [7, 11) is 3.28. The Bertz CT molecular complexity index is 710. The van der Waals surface area contributed by atoms with E-state index in [1.807, 2.05) is 18.2 Å². The van der Waals surface area contributed by atoms with Gasteiger partial charge in [-0.2, -0.15) is 5.10 Å². The standard InChI is InChI=1S/C16H22N4O2.2CH2O2/c1-21-13-6-5-12(9-14(13)22-2)10-15-17-16(19-18-15)11-20-7-3-4-8-20;2*2-1-3/h5-6,9H,3-4,7-8,10-11H2,1-2H3,(H,17,18,19);2*1H,(H,2,3). The normalized spacial score (nSPS) is 12.8. The molecule has 154 valence electrons. The van der Waals surface area contributed by atoms with Gasteiger partial charge < -0.3 is 19.7 Å². The Kier molecular flexibility index (Phi) is 10.7. The average molecular weight is 394 g/mol. The van der Waals surface area contributed by atoms with E-state index in [4.69, 9.17) is 29.3 Å². The molecule has 3 N–H and O–H groups in total. The summed E-state index contributed by atoms with van der Waals surface area (Å²) >= 11 is 0. The van der Waals surface area contributed by atoms with E-state index >= 15 is 0 Å². The van der Waals surface area contributed by atoms with Crippen LogP contribution in [0.1, 0.15) is 30.1 Å². The number of ether oxygens (including phenoxy) is 2. The van der Waals surface area contributed by atoms with Crippen molar-refractivity contribution in [1.29, 1.82) is 0 Å². The van der Waals surface area contributed by atoms with Gasteiger partial charge in [0.05, 0.1) is 20.8 Å². The molecule has 0 aliphatic carbocycles. The third kappa shape index (κ3) is 7.62. The fourth-order valence-corrected chi connectivity index (χ4v) is 2.81. The fourth-order valence-electron chi connectivity index (χ4n) is 2.81. The molecule has 0 amide bonds. The summed E-state index contributed by atoms with van der Waals surface area (Å²) in [6.07, 6.45) is 3.26. The maximum atomic E-state index is 8.36. The Balaban J connectivity index is 0.000000582. The molecule has 0 spiro atoms. The molecular formula is C18H26N4O6. The summed E-state index contributed by atoms with van der Waals surface area (Å²) in [5.41, 5.74) is 1.11. The summed E-state index contributed by atoms with van der Waals surface area (Å²) in [6, 6.07) is 5.90. The zero-order chi connectivity index (χ0) is 20.8. The van der Waals surface area contributed by atoms with Crippen LogP contribution in [0.15, 0.2) is 18.2 Å². The molecule has 1 fully saturated rings.